The molecule has 1 aromatic heterocycles. The Balaban J connectivity index is 1.43. The van der Waals surface area contributed by atoms with Gasteiger partial charge in [-0.2, -0.15) is 5.10 Å². The van der Waals surface area contributed by atoms with E-state index in [1.807, 2.05) is 49.4 Å². The van der Waals surface area contributed by atoms with Gasteiger partial charge in [-0.25, -0.2) is 9.22 Å². The number of hydrazone groups is 1. The first-order chi connectivity index (χ1) is 19.9. The molecule has 3 amide bonds. The van der Waals surface area contributed by atoms with Crippen LogP contribution in [0.15, 0.2) is 82.9 Å². The number of fused-ring (bicyclic) bond motifs is 1. The third-order valence-electron chi connectivity index (χ3n) is 6.93. The van der Waals surface area contributed by atoms with Gasteiger partial charge in [0.15, 0.2) is 5.71 Å². The van der Waals surface area contributed by atoms with Gasteiger partial charge in [0.1, 0.15) is 5.82 Å². The maximum absolute atomic E-state index is 15.2. The second-order valence-corrected chi connectivity index (χ2v) is 10.4. The number of aromatic amines is 1. The van der Waals surface area contributed by atoms with E-state index in [9.17, 15) is 14.4 Å². The average molecular weight is 573 g/mol. The number of aryl methyl sites for hydroxylation is 1. The van der Waals surface area contributed by atoms with Crippen molar-refractivity contribution in [3.63, 3.8) is 0 Å². The molecule has 0 atom stereocenters. The lowest BCUT2D eigenvalue weighted by molar-refractivity contribution is -0.125. The van der Waals surface area contributed by atoms with E-state index in [2.05, 4.69) is 20.2 Å². The molecule has 0 saturated carbocycles. The van der Waals surface area contributed by atoms with Gasteiger partial charge in [-0.1, -0.05) is 35.9 Å². The van der Waals surface area contributed by atoms with Crippen molar-refractivity contribution in [2.24, 2.45) is 5.10 Å². The van der Waals surface area contributed by atoms with Crippen LogP contribution in [-0.4, -0.2) is 71.4 Å². The van der Waals surface area contributed by atoms with Crippen LogP contribution in [0.2, 0.25) is 0 Å². The van der Waals surface area contributed by atoms with Crippen LogP contribution in [0.3, 0.4) is 0 Å². The van der Waals surface area contributed by atoms with Crippen LogP contribution in [0.4, 0.5) is 4.39 Å². The summed E-state index contributed by atoms with van der Waals surface area (Å²) in [5.74, 6) is -1.49. The fraction of sp³-hybridized carbons (Fsp3) is 0.200. The highest BCUT2D eigenvalue weighted by Gasteiger charge is 2.30. The van der Waals surface area contributed by atoms with E-state index in [-0.39, 0.29) is 52.6 Å². The molecule has 1 saturated heterocycles. The third-order valence-corrected chi connectivity index (χ3v) is 7.62. The van der Waals surface area contributed by atoms with E-state index in [1.165, 1.54) is 37.3 Å². The number of hydrogen-bond donors (Lipinski definition) is 3. The van der Waals surface area contributed by atoms with Gasteiger partial charge in [-0.3, -0.25) is 14.4 Å². The normalized spacial score (nSPS) is 13.8. The SMILES string of the molecule is CNC(=O)c1ccc(F)c2c(/C(=N/NSc3ccc(C)cc3)C(=O)N3CCN(C(=O)c4ccccc4)CC3)c[nH]c12. The molecule has 0 bridgehead atoms. The highest BCUT2D eigenvalue weighted by atomic mass is 32.2. The maximum atomic E-state index is 15.2. The van der Waals surface area contributed by atoms with Crippen molar-refractivity contribution in [3.8, 4) is 0 Å². The molecule has 2 heterocycles. The molecule has 9 nitrogen and oxygen atoms in total. The van der Waals surface area contributed by atoms with Gasteiger partial charge in [0.05, 0.1) is 11.1 Å². The van der Waals surface area contributed by atoms with Gasteiger partial charge in [-0.15, -0.1) is 0 Å². The third kappa shape index (κ3) is 5.94. The molecule has 0 unspecified atom stereocenters. The van der Waals surface area contributed by atoms with Gasteiger partial charge >= 0.3 is 0 Å². The second-order valence-electron chi connectivity index (χ2n) is 9.54. The summed E-state index contributed by atoms with van der Waals surface area (Å²) in [6.07, 6.45) is 1.49. The number of hydrogen-bond acceptors (Lipinski definition) is 6. The van der Waals surface area contributed by atoms with Gasteiger partial charge in [0, 0.05) is 72.8 Å². The van der Waals surface area contributed by atoms with Gasteiger partial charge in [-0.05, 0) is 43.3 Å². The molecule has 210 valence electrons. The van der Waals surface area contributed by atoms with Crippen LogP contribution in [0.25, 0.3) is 10.9 Å². The Morgan fingerprint density at radius 2 is 1.59 bits per heavy atom. The number of benzene rings is 3. The summed E-state index contributed by atoms with van der Waals surface area (Å²) in [4.78, 5) is 49.3. The number of aromatic nitrogens is 1. The van der Waals surface area contributed by atoms with Gasteiger partial charge in [0.2, 0.25) is 0 Å². The summed E-state index contributed by atoms with van der Waals surface area (Å²) in [5, 5.41) is 7.07. The van der Waals surface area contributed by atoms with Crippen molar-refractivity contribution >= 4 is 46.3 Å². The molecule has 5 rings (SSSR count). The quantitative estimate of drug-likeness (QED) is 0.177. The van der Waals surface area contributed by atoms with Crippen LogP contribution in [0.5, 0.6) is 0 Å². The predicted molar refractivity (Wildman–Crippen MR) is 157 cm³/mol. The summed E-state index contributed by atoms with van der Waals surface area (Å²) in [7, 11) is 1.49. The van der Waals surface area contributed by atoms with Gasteiger partial charge < -0.3 is 20.1 Å². The molecular weight excluding hydrogens is 543 g/mol. The van der Waals surface area contributed by atoms with Crippen LogP contribution >= 0.6 is 11.9 Å². The van der Waals surface area contributed by atoms with E-state index in [0.29, 0.717) is 18.7 Å². The number of carbonyl (C=O) groups excluding carboxylic acids is 3. The number of nitrogens with zero attached hydrogens (tertiary/aromatic N) is 3. The van der Waals surface area contributed by atoms with Crippen LogP contribution in [0.1, 0.15) is 31.8 Å². The molecular formula is C30H29FN6O3S. The van der Waals surface area contributed by atoms with Crippen molar-refractivity contribution in [2.75, 3.05) is 33.2 Å². The Hall–Kier alpha value is -4.64. The number of nitrogens with one attached hydrogen (secondary N) is 3. The highest BCUT2D eigenvalue weighted by molar-refractivity contribution is 7.97. The van der Waals surface area contributed by atoms with E-state index in [4.69, 9.17) is 0 Å². The number of rotatable bonds is 7. The topological polar surface area (TPSA) is 110 Å². The summed E-state index contributed by atoms with van der Waals surface area (Å²) in [6, 6.07) is 19.4. The number of H-pyrrole nitrogens is 1. The molecule has 3 N–H and O–H groups in total. The van der Waals surface area contributed by atoms with Crippen molar-refractivity contribution in [3.05, 3.63) is 101 Å². The maximum Gasteiger partial charge on any atom is 0.275 e. The van der Waals surface area contributed by atoms with Crippen LogP contribution in [-0.2, 0) is 4.79 Å². The minimum Gasteiger partial charge on any atom is -0.360 e. The second kappa shape index (κ2) is 12.3. The number of halogens is 1. The van der Waals surface area contributed by atoms with E-state index in [1.54, 1.807) is 21.9 Å². The lowest BCUT2D eigenvalue weighted by Gasteiger charge is -2.35. The minimum atomic E-state index is -0.589. The molecule has 0 aliphatic carbocycles. The molecule has 11 heteroatoms. The lowest BCUT2D eigenvalue weighted by atomic mass is 10.0. The number of amides is 3. The van der Waals surface area contributed by atoms with Gasteiger partial charge in [0.25, 0.3) is 17.7 Å². The van der Waals surface area contributed by atoms with E-state index < -0.39 is 11.7 Å². The minimum absolute atomic E-state index is 0.00773. The molecule has 1 aliphatic rings. The first kappa shape index (κ1) is 27.9. The molecule has 1 aliphatic heterocycles. The van der Waals surface area contributed by atoms with Crippen molar-refractivity contribution in [1.82, 2.24) is 24.9 Å². The summed E-state index contributed by atoms with van der Waals surface area (Å²) < 4.78 is 15.2. The fourth-order valence-corrected chi connectivity index (χ4v) is 5.21. The Morgan fingerprint density at radius 1 is 0.902 bits per heavy atom. The van der Waals surface area contributed by atoms with E-state index >= 15 is 4.39 Å². The lowest BCUT2D eigenvalue weighted by Crippen LogP contribution is -2.52. The molecule has 4 aromatic rings. The van der Waals surface area contributed by atoms with Crippen molar-refractivity contribution in [1.29, 1.82) is 0 Å². The number of piperazine rings is 1. The zero-order chi connectivity index (χ0) is 28.9. The molecule has 41 heavy (non-hydrogen) atoms. The monoisotopic (exact) mass is 572 g/mol. The summed E-state index contributed by atoms with van der Waals surface area (Å²) in [6.45, 7) is 3.26. The zero-order valence-corrected chi connectivity index (χ0v) is 23.4. The van der Waals surface area contributed by atoms with Crippen LogP contribution < -0.4 is 10.1 Å². The van der Waals surface area contributed by atoms with Crippen molar-refractivity contribution in [2.45, 2.75) is 11.8 Å². The Bertz CT molecular complexity index is 1610. The first-order valence-electron chi connectivity index (χ1n) is 13.1. The first-order valence-corrected chi connectivity index (χ1v) is 13.9. The Morgan fingerprint density at radius 3 is 2.27 bits per heavy atom. The molecule has 0 spiro atoms. The smallest absolute Gasteiger partial charge is 0.275 e. The summed E-state index contributed by atoms with van der Waals surface area (Å²) in [5.41, 5.74) is 2.44. The average Bonchev–Trinajstić information content (AvgIpc) is 3.45. The number of carbonyl (C=O) groups is 3. The fourth-order valence-electron chi connectivity index (χ4n) is 4.69. The Labute approximate surface area is 240 Å². The molecule has 1 fully saturated rings. The van der Waals surface area contributed by atoms with E-state index in [0.717, 1.165) is 10.5 Å². The van der Waals surface area contributed by atoms with Crippen molar-refractivity contribution < 1.29 is 18.8 Å². The standard InChI is InChI=1S/C30H29FN6O3S/c1-19-8-10-21(11-9-19)41-35-34-27(23-18-33-26-22(28(38)32-2)12-13-24(31)25(23)26)30(40)37-16-14-36(15-17-37)29(39)20-6-4-3-5-7-20/h3-13,18,33,35H,14-17H2,1-2H3,(H,32,38)/b34-27-. The predicted octanol–water partition coefficient (Wildman–Crippen LogP) is 3.96. The largest absolute Gasteiger partial charge is 0.360 e. The molecule has 3 aromatic carbocycles. The Kier molecular flexibility index (Phi) is 8.34. The summed E-state index contributed by atoms with van der Waals surface area (Å²) >= 11 is 1.21. The van der Waals surface area contributed by atoms with Crippen LogP contribution in [0, 0.1) is 12.7 Å². The zero-order valence-electron chi connectivity index (χ0n) is 22.6. The highest BCUT2D eigenvalue weighted by Crippen LogP contribution is 2.27. The molecule has 0 radical (unpaired) electrons.